The monoisotopic (exact) mass is 477 g/mol. The predicted molar refractivity (Wildman–Crippen MR) is 129 cm³/mol. The first-order chi connectivity index (χ1) is 16.4. The zero-order valence-corrected chi connectivity index (χ0v) is 18.7. The van der Waals surface area contributed by atoms with E-state index >= 15 is 0 Å². The van der Waals surface area contributed by atoms with Crippen molar-refractivity contribution in [2.24, 2.45) is 0 Å². The Morgan fingerprint density at radius 2 is 1.76 bits per heavy atom. The van der Waals surface area contributed by atoms with Crippen molar-refractivity contribution in [1.82, 2.24) is 15.1 Å². The molecule has 2 N–H and O–H groups in total. The number of carbonyl (C=O) groups excluding carboxylic acids is 1. The molecule has 4 rings (SSSR count). The number of nitrogens with one attached hydrogen (secondary N) is 1. The fourth-order valence-corrected chi connectivity index (χ4v) is 3.65. The van der Waals surface area contributed by atoms with Crippen LogP contribution in [0.1, 0.15) is 15.9 Å². The Balaban J connectivity index is 1.75. The maximum absolute atomic E-state index is 13.9. The third-order valence-corrected chi connectivity index (χ3v) is 5.48. The molecule has 0 saturated heterocycles. The van der Waals surface area contributed by atoms with E-state index in [0.717, 1.165) is 16.3 Å². The fourth-order valence-electron chi connectivity index (χ4n) is 3.52. The fraction of sp³-hybridized carbons (Fsp3) is 0.115. The summed E-state index contributed by atoms with van der Waals surface area (Å²) < 4.78 is 14.9. The average molecular weight is 478 g/mol. The molecule has 0 aliphatic heterocycles. The lowest BCUT2D eigenvalue weighted by Crippen LogP contribution is -2.42. The number of carbonyl (C=O) groups is 1. The topological polar surface area (TPSA) is 84.2 Å². The van der Waals surface area contributed by atoms with Gasteiger partial charge in [-0.2, -0.15) is 9.78 Å². The molecule has 0 unspecified atom stereocenters. The Morgan fingerprint density at radius 1 is 1.03 bits per heavy atom. The first-order valence-corrected chi connectivity index (χ1v) is 10.9. The Hall–Kier alpha value is -3.81. The molecule has 34 heavy (non-hydrogen) atoms. The normalized spacial score (nSPS) is 11.7. The lowest BCUT2D eigenvalue weighted by molar-refractivity contribution is 0.0914. The molecule has 1 amide bonds. The number of halogens is 2. The van der Waals surface area contributed by atoms with Crippen LogP contribution in [0.4, 0.5) is 4.39 Å². The molecular formula is C26H21ClFN3O3. The summed E-state index contributed by atoms with van der Waals surface area (Å²) in [5, 5.41) is 17.4. The molecule has 6 nitrogen and oxygen atoms in total. The third-order valence-electron chi connectivity index (χ3n) is 5.23. The second-order valence-corrected chi connectivity index (χ2v) is 8.13. The maximum atomic E-state index is 13.9. The number of hydrogen-bond acceptors (Lipinski definition) is 4. The maximum Gasteiger partial charge on any atom is 0.284 e. The largest absolute Gasteiger partial charge is 0.394 e. The molecule has 1 heterocycles. The second-order valence-electron chi connectivity index (χ2n) is 7.69. The van der Waals surface area contributed by atoms with Gasteiger partial charge in [0.2, 0.25) is 0 Å². The first kappa shape index (κ1) is 23.4. The quantitative estimate of drug-likeness (QED) is 0.421. The van der Waals surface area contributed by atoms with Gasteiger partial charge in [0.25, 0.3) is 11.5 Å². The number of amides is 1. The van der Waals surface area contributed by atoms with Crippen molar-refractivity contribution in [2.75, 3.05) is 6.61 Å². The van der Waals surface area contributed by atoms with Crippen molar-refractivity contribution in [1.29, 1.82) is 0 Å². The number of rotatable bonds is 7. The highest BCUT2D eigenvalue weighted by Crippen LogP contribution is 2.20. The van der Waals surface area contributed by atoms with Crippen molar-refractivity contribution in [3.05, 3.63) is 117 Å². The standard InChI is InChI=1S/C26H21ClFN3O3/c27-19-11-9-18(10-12-19)24-15-23(26(34)31(30-24)22-8-4-7-20(28)14-22)25(33)29-21(16-32)13-17-5-2-1-3-6-17/h1-12,14-15,21,32H,13,16H2,(H,29,33)/t21-/m0/s1. The molecule has 172 valence electrons. The van der Waals surface area contributed by atoms with Crippen LogP contribution in [0.15, 0.2) is 89.7 Å². The Kier molecular flexibility index (Phi) is 7.15. The van der Waals surface area contributed by atoms with E-state index in [1.165, 1.54) is 24.3 Å². The van der Waals surface area contributed by atoms with Crippen LogP contribution in [0.25, 0.3) is 16.9 Å². The highest BCUT2D eigenvalue weighted by molar-refractivity contribution is 6.30. The van der Waals surface area contributed by atoms with Crippen LogP contribution >= 0.6 is 11.6 Å². The highest BCUT2D eigenvalue weighted by Gasteiger charge is 2.20. The van der Waals surface area contributed by atoms with E-state index in [0.29, 0.717) is 22.7 Å². The van der Waals surface area contributed by atoms with Crippen molar-refractivity contribution < 1.29 is 14.3 Å². The number of aliphatic hydroxyl groups is 1. The molecule has 0 spiro atoms. The molecule has 0 bridgehead atoms. The average Bonchev–Trinajstić information content (AvgIpc) is 2.85. The van der Waals surface area contributed by atoms with Gasteiger partial charge in [-0.25, -0.2) is 4.39 Å². The summed E-state index contributed by atoms with van der Waals surface area (Å²) in [5.41, 5.74) is 1.15. The molecule has 1 atom stereocenters. The van der Waals surface area contributed by atoms with Gasteiger partial charge in [0.15, 0.2) is 0 Å². The van der Waals surface area contributed by atoms with Gasteiger partial charge >= 0.3 is 0 Å². The van der Waals surface area contributed by atoms with Gasteiger partial charge in [-0.3, -0.25) is 9.59 Å². The Labute approximate surface area is 200 Å². The lowest BCUT2D eigenvalue weighted by Gasteiger charge is -2.17. The molecule has 0 aliphatic carbocycles. The molecule has 8 heteroatoms. The van der Waals surface area contributed by atoms with E-state index in [1.807, 2.05) is 30.3 Å². The van der Waals surface area contributed by atoms with Crippen LogP contribution in [-0.4, -0.2) is 33.4 Å². The summed E-state index contributed by atoms with van der Waals surface area (Å²) in [6.07, 6.45) is 0.385. The van der Waals surface area contributed by atoms with Crippen LogP contribution in [0.5, 0.6) is 0 Å². The molecular weight excluding hydrogens is 457 g/mol. The first-order valence-electron chi connectivity index (χ1n) is 10.6. The van der Waals surface area contributed by atoms with Gasteiger partial charge < -0.3 is 10.4 Å². The Bertz CT molecular complexity index is 1360. The molecule has 0 aliphatic rings. The van der Waals surface area contributed by atoms with E-state index in [2.05, 4.69) is 10.4 Å². The zero-order valence-electron chi connectivity index (χ0n) is 18.0. The second kappa shape index (κ2) is 10.4. The van der Waals surface area contributed by atoms with Crippen LogP contribution < -0.4 is 10.9 Å². The number of hydrogen-bond donors (Lipinski definition) is 2. The van der Waals surface area contributed by atoms with Crippen LogP contribution in [0, 0.1) is 5.82 Å². The Morgan fingerprint density at radius 3 is 2.44 bits per heavy atom. The minimum absolute atomic E-state index is 0.179. The summed E-state index contributed by atoms with van der Waals surface area (Å²) in [7, 11) is 0. The van der Waals surface area contributed by atoms with Crippen molar-refractivity contribution >= 4 is 17.5 Å². The number of aliphatic hydroxyl groups excluding tert-OH is 1. The third kappa shape index (κ3) is 5.39. The van der Waals surface area contributed by atoms with Gasteiger partial charge in [0.1, 0.15) is 11.4 Å². The van der Waals surface area contributed by atoms with Crippen LogP contribution in [0.3, 0.4) is 0 Å². The summed E-state index contributed by atoms with van der Waals surface area (Å²) in [6.45, 7) is -0.312. The van der Waals surface area contributed by atoms with Gasteiger partial charge in [0, 0.05) is 10.6 Å². The van der Waals surface area contributed by atoms with Crippen molar-refractivity contribution in [2.45, 2.75) is 12.5 Å². The van der Waals surface area contributed by atoms with E-state index in [9.17, 15) is 19.1 Å². The molecule has 0 radical (unpaired) electrons. The zero-order chi connectivity index (χ0) is 24.1. The summed E-state index contributed by atoms with van der Waals surface area (Å²) in [4.78, 5) is 26.4. The summed E-state index contributed by atoms with van der Waals surface area (Å²) in [5.74, 6) is -1.21. The van der Waals surface area contributed by atoms with Gasteiger partial charge in [-0.05, 0) is 48.4 Å². The SMILES string of the molecule is O=C(N[C@H](CO)Cc1ccccc1)c1cc(-c2ccc(Cl)cc2)nn(-c2cccc(F)c2)c1=O. The lowest BCUT2D eigenvalue weighted by atomic mass is 10.1. The smallest absolute Gasteiger partial charge is 0.284 e. The van der Waals surface area contributed by atoms with Crippen LogP contribution in [0.2, 0.25) is 5.02 Å². The minimum atomic E-state index is -0.711. The number of nitrogens with zero attached hydrogens (tertiary/aromatic N) is 2. The van der Waals surface area contributed by atoms with Gasteiger partial charge in [-0.15, -0.1) is 0 Å². The van der Waals surface area contributed by atoms with E-state index in [-0.39, 0.29) is 17.9 Å². The molecule has 3 aromatic carbocycles. The molecule has 0 fully saturated rings. The molecule has 4 aromatic rings. The number of benzene rings is 3. The van der Waals surface area contributed by atoms with Crippen molar-refractivity contribution in [3.63, 3.8) is 0 Å². The number of aromatic nitrogens is 2. The van der Waals surface area contributed by atoms with Gasteiger partial charge in [0.05, 0.1) is 24.0 Å². The van der Waals surface area contributed by atoms with E-state index < -0.39 is 23.3 Å². The van der Waals surface area contributed by atoms with E-state index in [1.54, 1.807) is 24.3 Å². The predicted octanol–water partition coefficient (Wildman–Crippen LogP) is 4.03. The highest BCUT2D eigenvalue weighted by atomic mass is 35.5. The minimum Gasteiger partial charge on any atom is -0.394 e. The molecule has 0 saturated carbocycles. The summed E-state index contributed by atoms with van der Waals surface area (Å²) >= 11 is 5.99. The molecule has 1 aromatic heterocycles. The summed E-state index contributed by atoms with van der Waals surface area (Å²) in [6, 6.07) is 22.3. The van der Waals surface area contributed by atoms with Crippen molar-refractivity contribution in [3.8, 4) is 16.9 Å². The van der Waals surface area contributed by atoms with Gasteiger partial charge in [-0.1, -0.05) is 60.1 Å². The van der Waals surface area contributed by atoms with Crippen LogP contribution in [-0.2, 0) is 6.42 Å². The van der Waals surface area contributed by atoms with E-state index in [4.69, 9.17) is 11.6 Å².